The van der Waals surface area contributed by atoms with Crippen LogP contribution in [0, 0.1) is 0 Å². The summed E-state index contributed by atoms with van der Waals surface area (Å²) in [7, 11) is 0. The highest BCUT2D eigenvalue weighted by Gasteiger charge is 2.37. The molecule has 238 valence electrons. The van der Waals surface area contributed by atoms with E-state index in [2.05, 4.69) is 147 Å². The molecule has 0 amide bonds. The fourth-order valence-electron chi connectivity index (χ4n) is 8.07. The lowest BCUT2D eigenvalue weighted by atomic mass is 10.0. The number of aromatic nitrogens is 5. The van der Waals surface area contributed by atoms with E-state index in [1.165, 1.54) is 33.2 Å². The molecule has 0 bridgehead atoms. The van der Waals surface area contributed by atoms with Crippen LogP contribution < -0.4 is 4.58 Å². The highest BCUT2D eigenvalue weighted by atomic mass is 15.2. The zero-order valence-corrected chi connectivity index (χ0v) is 27.4. The van der Waals surface area contributed by atoms with Crippen molar-refractivity contribution in [1.29, 1.82) is 0 Å². The fraction of sp³-hybridized carbons (Fsp3) is 0.0222. The van der Waals surface area contributed by atoms with E-state index in [1.807, 2.05) is 36.4 Å². The minimum Gasteiger partial charge on any atom is -0.318 e. The van der Waals surface area contributed by atoms with Crippen LogP contribution in [0.5, 0.6) is 0 Å². The molecule has 1 aliphatic carbocycles. The lowest BCUT2D eigenvalue weighted by molar-refractivity contribution is 0.781. The molecule has 6 nitrogen and oxygen atoms in total. The molecule has 0 saturated carbocycles. The summed E-state index contributed by atoms with van der Waals surface area (Å²) in [6.07, 6.45) is 8.88. The molecule has 2 aliphatic rings. The van der Waals surface area contributed by atoms with Gasteiger partial charge in [0.25, 0.3) is 0 Å². The number of hydrogen-bond donors (Lipinski definition) is 0. The molecular weight excluding hydrogens is 625 g/mol. The quantitative estimate of drug-likeness (QED) is 0.178. The van der Waals surface area contributed by atoms with Gasteiger partial charge < -0.3 is 4.57 Å². The van der Waals surface area contributed by atoms with Gasteiger partial charge in [-0.05, 0) is 18.2 Å². The third kappa shape index (κ3) is 4.10. The first-order valence-corrected chi connectivity index (χ1v) is 17.3. The Kier molecular flexibility index (Phi) is 5.92. The predicted octanol–water partition coefficient (Wildman–Crippen LogP) is 10.4. The number of hydrogen-bond acceptors (Lipinski definition) is 3. The van der Waals surface area contributed by atoms with Gasteiger partial charge in [0.1, 0.15) is 11.6 Å². The van der Waals surface area contributed by atoms with Crippen molar-refractivity contribution in [2.75, 3.05) is 0 Å². The first-order valence-electron chi connectivity index (χ1n) is 17.3. The fourth-order valence-corrected chi connectivity index (χ4v) is 8.07. The highest BCUT2D eigenvalue weighted by molar-refractivity contribution is 6.22. The van der Waals surface area contributed by atoms with E-state index in [-0.39, 0.29) is 6.04 Å². The lowest BCUT2D eigenvalue weighted by Crippen LogP contribution is -2.30. The minimum atomic E-state index is 0.0429. The zero-order valence-electron chi connectivity index (χ0n) is 27.4. The molecule has 0 fully saturated rings. The number of fused-ring (bicyclic) bond motifs is 8. The predicted molar refractivity (Wildman–Crippen MR) is 208 cm³/mol. The molecule has 3 aromatic heterocycles. The molecule has 1 atom stereocenters. The second kappa shape index (κ2) is 10.8. The van der Waals surface area contributed by atoms with Crippen LogP contribution >= 0.6 is 0 Å². The third-order valence-electron chi connectivity index (χ3n) is 10.2. The van der Waals surface area contributed by atoms with Crippen molar-refractivity contribution in [3.63, 3.8) is 0 Å². The molecule has 1 aliphatic heterocycles. The number of benzene rings is 6. The average Bonchev–Trinajstić information content (AvgIpc) is 3.71. The van der Waals surface area contributed by atoms with Crippen molar-refractivity contribution in [2.24, 2.45) is 0 Å². The molecule has 6 aromatic carbocycles. The van der Waals surface area contributed by atoms with Crippen LogP contribution in [-0.2, 0) is 0 Å². The Morgan fingerprint density at radius 3 is 1.88 bits per heavy atom. The first kappa shape index (κ1) is 28.0. The van der Waals surface area contributed by atoms with E-state index in [4.69, 9.17) is 15.0 Å². The normalized spacial score (nSPS) is 15.0. The Labute approximate surface area is 293 Å². The Morgan fingerprint density at radius 1 is 0.510 bits per heavy atom. The molecule has 0 radical (unpaired) electrons. The van der Waals surface area contributed by atoms with Crippen LogP contribution in [0.15, 0.2) is 170 Å². The molecule has 9 aromatic rings. The summed E-state index contributed by atoms with van der Waals surface area (Å²) >= 11 is 0. The molecule has 4 heterocycles. The van der Waals surface area contributed by atoms with Crippen molar-refractivity contribution in [3.05, 3.63) is 170 Å². The summed E-state index contributed by atoms with van der Waals surface area (Å²) in [5, 5.41) is 4.72. The zero-order chi connectivity index (χ0) is 33.5. The van der Waals surface area contributed by atoms with Crippen LogP contribution in [0.2, 0.25) is 0 Å². The van der Waals surface area contributed by atoms with Crippen molar-refractivity contribution in [2.45, 2.75) is 6.04 Å². The first-order chi connectivity index (χ1) is 25.3. The van der Waals surface area contributed by atoms with Crippen LogP contribution in [0.1, 0.15) is 6.04 Å². The molecule has 0 N–H and O–H groups in total. The largest absolute Gasteiger partial charge is 0.318 e. The maximum Gasteiger partial charge on any atom is 0.238 e. The van der Waals surface area contributed by atoms with Crippen LogP contribution in [0.4, 0.5) is 11.4 Å². The van der Waals surface area contributed by atoms with Gasteiger partial charge in [-0.15, -0.1) is 0 Å². The van der Waals surface area contributed by atoms with Crippen molar-refractivity contribution >= 4 is 60.7 Å². The number of para-hydroxylation sites is 3. The highest BCUT2D eigenvalue weighted by Crippen LogP contribution is 2.45. The van der Waals surface area contributed by atoms with Gasteiger partial charge in [0.05, 0.1) is 16.6 Å². The Hall–Kier alpha value is -6.92. The summed E-state index contributed by atoms with van der Waals surface area (Å²) in [6.45, 7) is 0. The Morgan fingerprint density at radius 2 is 1.14 bits per heavy atom. The van der Waals surface area contributed by atoms with Gasteiger partial charge in [-0.2, -0.15) is 14.5 Å². The number of allylic oxidation sites excluding steroid dienone is 4. The molecule has 0 saturated heterocycles. The molecule has 6 heteroatoms. The molecule has 51 heavy (non-hydrogen) atoms. The van der Waals surface area contributed by atoms with Gasteiger partial charge in [-0.25, -0.2) is 4.98 Å². The van der Waals surface area contributed by atoms with Gasteiger partial charge in [-0.3, -0.25) is 4.57 Å². The summed E-state index contributed by atoms with van der Waals surface area (Å²) in [5.41, 5.74) is 9.99. The van der Waals surface area contributed by atoms with Crippen molar-refractivity contribution < 1.29 is 0 Å². The Balaban J connectivity index is 1.23. The second-order valence-corrected chi connectivity index (χ2v) is 13.1. The van der Waals surface area contributed by atoms with Crippen LogP contribution in [0.3, 0.4) is 0 Å². The third-order valence-corrected chi connectivity index (χ3v) is 10.2. The lowest BCUT2D eigenvalue weighted by Gasteiger charge is -2.24. The maximum absolute atomic E-state index is 5.17. The summed E-state index contributed by atoms with van der Waals surface area (Å²) in [6, 6.07) is 51.1. The molecule has 11 rings (SSSR count). The van der Waals surface area contributed by atoms with E-state index in [9.17, 15) is 0 Å². The van der Waals surface area contributed by atoms with E-state index in [1.54, 1.807) is 0 Å². The molecule has 0 spiro atoms. The molecular formula is C45H29N6+. The van der Waals surface area contributed by atoms with Gasteiger partial charge >= 0.3 is 0 Å². The topological polar surface area (TPSA) is 51.5 Å². The van der Waals surface area contributed by atoms with Gasteiger partial charge in [0, 0.05) is 56.9 Å². The standard InChI is InChI=1S/C45H29N6/c1-4-15-29(16-5-1)43-46-44(30-17-6-2-7-18-30)48-45(47-43)51-36-23-11-10-21-32(36)34-27-40-35(28-41(34)51)33-22-14-26-39-42(33)50(40)38-25-13-12-24-37(38)49(39)31-19-8-3-9-20-31/h1-28,38H/q+1. The van der Waals surface area contributed by atoms with Gasteiger partial charge in [0.15, 0.2) is 11.6 Å². The van der Waals surface area contributed by atoms with Crippen molar-refractivity contribution in [3.8, 4) is 28.7 Å². The molecule has 1 unspecified atom stereocenters. The van der Waals surface area contributed by atoms with Crippen LogP contribution in [0.25, 0.3) is 72.3 Å². The van der Waals surface area contributed by atoms with Gasteiger partial charge in [0.2, 0.25) is 23.0 Å². The summed E-state index contributed by atoms with van der Waals surface area (Å²) in [4.78, 5) is 15.3. The van der Waals surface area contributed by atoms with Crippen LogP contribution in [-0.4, -0.2) is 29.8 Å². The van der Waals surface area contributed by atoms with Gasteiger partial charge in [-0.1, -0.05) is 127 Å². The van der Waals surface area contributed by atoms with Crippen molar-refractivity contribution in [1.82, 2.24) is 28.7 Å². The van der Waals surface area contributed by atoms with E-state index in [0.717, 1.165) is 38.6 Å². The average molecular weight is 654 g/mol. The smallest absolute Gasteiger partial charge is 0.238 e. The summed E-state index contributed by atoms with van der Waals surface area (Å²) < 4.78 is 7.17. The maximum atomic E-state index is 5.17. The number of rotatable bonds is 4. The summed E-state index contributed by atoms with van der Waals surface area (Å²) in [5.74, 6) is 1.87. The van der Waals surface area contributed by atoms with E-state index < -0.39 is 0 Å². The minimum absolute atomic E-state index is 0.0429. The monoisotopic (exact) mass is 653 g/mol. The number of nitrogens with zero attached hydrogens (tertiary/aromatic N) is 6. The van der Waals surface area contributed by atoms with E-state index >= 15 is 0 Å². The SMILES string of the molecule is C1=CC2=[N+](c3ccccc3)c3cccc4c5cc6c(cc5n(c34)C2C=C1)c1ccccc1n6-c1nc(-c2ccccc2)nc(-c2ccccc2)n1. The van der Waals surface area contributed by atoms with E-state index in [0.29, 0.717) is 17.6 Å². The Bertz CT molecular complexity index is 2890. The second-order valence-electron chi connectivity index (χ2n) is 13.1.